The Morgan fingerprint density at radius 2 is 1.65 bits per heavy atom. The number of carbonyl (C=O) groups is 2. The first-order valence-electron chi connectivity index (χ1n) is 11.7. The van der Waals surface area contributed by atoms with Crippen LogP contribution in [0.2, 0.25) is 0 Å². The molecule has 0 radical (unpaired) electrons. The molecule has 0 saturated carbocycles. The second-order valence-electron chi connectivity index (χ2n) is 8.44. The molecule has 196 valence electrons. The molecule has 0 aliphatic carbocycles. The average Bonchev–Trinajstić information content (AvgIpc) is 3.10. The van der Waals surface area contributed by atoms with Crippen molar-refractivity contribution in [1.29, 1.82) is 0 Å². The van der Waals surface area contributed by atoms with E-state index in [9.17, 15) is 40.2 Å². The van der Waals surface area contributed by atoms with Crippen molar-refractivity contribution in [3.63, 3.8) is 0 Å². The number of carbonyl (C=O) groups excluding carboxylic acids is 2. The molecule has 12 nitrogen and oxygen atoms in total. The summed E-state index contributed by atoms with van der Waals surface area (Å²) in [7, 11) is 0. The molecular weight excluding hydrogens is 456 g/mol. The number of rotatable bonds is 14. The van der Waals surface area contributed by atoms with Gasteiger partial charge in [0.15, 0.2) is 11.9 Å². The lowest BCUT2D eigenvalue weighted by Crippen LogP contribution is -2.59. The molecule has 34 heavy (non-hydrogen) atoms. The van der Waals surface area contributed by atoms with Gasteiger partial charge >= 0.3 is 11.9 Å². The van der Waals surface area contributed by atoms with Crippen LogP contribution in [0.25, 0.3) is 0 Å². The van der Waals surface area contributed by atoms with Crippen molar-refractivity contribution in [2.24, 2.45) is 0 Å². The first-order chi connectivity index (χ1) is 16.2. The van der Waals surface area contributed by atoms with E-state index in [0.29, 0.717) is 6.42 Å². The van der Waals surface area contributed by atoms with Crippen LogP contribution in [0.1, 0.15) is 58.3 Å². The highest BCUT2D eigenvalue weighted by Gasteiger charge is 2.48. The average molecular weight is 493 g/mol. The summed E-state index contributed by atoms with van der Waals surface area (Å²) in [5.41, 5.74) is 0. The Morgan fingerprint density at radius 1 is 1.00 bits per heavy atom. The molecule has 0 unspecified atom stereocenters. The van der Waals surface area contributed by atoms with Gasteiger partial charge in [0.1, 0.15) is 24.4 Å². The largest absolute Gasteiger partial charge is 0.505 e. The third kappa shape index (κ3) is 7.27. The van der Waals surface area contributed by atoms with E-state index in [1.54, 1.807) is 0 Å². The molecule has 0 aromatic carbocycles. The number of unbranched alkanes of at least 4 members (excludes halogenated alkanes) is 6. The molecule has 1 fully saturated rings. The van der Waals surface area contributed by atoms with Crippen LogP contribution in [-0.4, -0.2) is 98.7 Å². The van der Waals surface area contributed by atoms with E-state index in [1.165, 1.54) is 6.42 Å². The number of hydrogen-bond acceptors (Lipinski definition) is 12. The molecule has 2 aliphatic rings. The maximum absolute atomic E-state index is 12.2. The van der Waals surface area contributed by atoms with Gasteiger partial charge in [-0.1, -0.05) is 45.4 Å². The first kappa shape index (κ1) is 28.3. The van der Waals surface area contributed by atoms with Gasteiger partial charge in [0.25, 0.3) is 0 Å². The summed E-state index contributed by atoms with van der Waals surface area (Å²) >= 11 is 0. The maximum Gasteiger partial charge on any atom is 0.378 e. The first-order valence-corrected chi connectivity index (χ1v) is 11.7. The molecule has 2 rings (SSSR count). The van der Waals surface area contributed by atoms with Gasteiger partial charge in [-0.3, -0.25) is 4.79 Å². The summed E-state index contributed by atoms with van der Waals surface area (Å²) in [5, 5.41) is 59.0. The zero-order valence-corrected chi connectivity index (χ0v) is 19.2. The summed E-state index contributed by atoms with van der Waals surface area (Å²) in [4.78, 5) is 24.4. The molecular formula is C22H36O12. The summed E-state index contributed by atoms with van der Waals surface area (Å²) in [5.74, 6) is -3.39. The van der Waals surface area contributed by atoms with Crippen molar-refractivity contribution in [1.82, 2.24) is 0 Å². The monoisotopic (exact) mass is 492 g/mol. The number of hydrogen-bond donors (Lipinski definition) is 6. The predicted octanol–water partition coefficient (Wildman–Crippen LogP) is -0.457. The van der Waals surface area contributed by atoms with Crippen molar-refractivity contribution in [3.8, 4) is 0 Å². The Labute approximate surface area is 197 Å². The van der Waals surface area contributed by atoms with Crippen LogP contribution in [0.15, 0.2) is 11.5 Å². The lowest BCUT2D eigenvalue weighted by atomic mass is 9.99. The molecule has 7 atom stereocenters. The van der Waals surface area contributed by atoms with Gasteiger partial charge in [0.2, 0.25) is 18.2 Å². The van der Waals surface area contributed by atoms with Crippen LogP contribution in [0.3, 0.4) is 0 Å². The number of aliphatic hydroxyl groups excluding tert-OH is 6. The van der Waals surface area contributed by atoms with Crippen LogP contribution in [0.4, 0.5) is 0 Å². The fourth-order valence-corrected chi connectivity index (χ4v) is 3.75. The summed E-state index contributed by atoms with van der Waals surface area (Å²) in [6.45, 7) is 0.662. The Bertz CT molecular complexity index is 693. The topological polar surface area (TPSA) is 192 Å². The number of ether oxygens (including phenoxy) is 4. The fraction of sp³-hybridized carbons (Fsp3) is 0.818. The second kappa shape index (κ2) is 13.8. The highest BCUT2D eigenvalue weighted by molar-refractivity contribution is 5.89. The van der Waals surface area contributed by atoms with E-state index in [1.807, 2.05) is 0 Å². The van der Waals surface area contributed by atoms with Crippen molar-refractivity contribution >= 4 is 11.9 Å². The van der Waals surface area contributed by atoms with Gasteiger partial charge in [-0.25, -0.2) is 4.79 Å². The molecule has 2 heterocycles. The van der Waals surface area contributed by atoms with Gasteiger partial charge in [-0.2, -0.15) is 0 Å². The minimum Gasteiger partial charge on any atom is -0.505 e. The molecule has 0 aromatic rings. The smallest absolute Gasteiger partial charge is 0.378 e. The molecule has 0 amide bonds. The third-order valence-electron chi connectivity index (χ3n) is 5.79. The Balaban J connectivity index is 1.93. The van der Waals surface area contributed by atoms with Gasteiger partial charge in [0.05, 0.1) is 13.2 Å². The summed E-state index contributed by atoms with van der Waals surface area (Å²) in [6.07, 6.45) is -4.06. The van der Waals surface area contributed by atoms with E-state index in [4.69, 9.17) is 18.9 Å². The van der Waals surface area contributed by atoms with Crippen molar-refractivity contribution in [2.45, 2.75) is 101 Å². The lowest BCUT2D eigenvalue weighted by molar-refractivity contribution is -0.291. The van der Waals surface area contributed by atoms with Gasteiger partial charge in [-0.05, 0) is 6.42 Å². The molecule has 6 N–H and O–H groups in total. The molecule has 0 aromatic heterocycles. The fourth-order valence-electron chi connectivity index (χ4n) is 3.75. The van der Waals surface area contributed by atoms with E-state index in [0.717, 1.165) is 32.1 Å². The second-order valence-corrected chi connectivity index (χ2v) is 8.44. The van der Waals surface area contributed by atoms with Gasteiger partial charge in [0, 0.05) is 6.42 Å². The summed E-state index contributed by atoms with van der Waals surface area (Å²) in [6, 6.07) is 0. The van der Waals surface area contributed by atoms with Crippen LogP contribution in [0, 0.1) is 0 Å². The number of aliphatic hydroxyl groups is 6. The van der Waals surface area contributed by atoms with Gasteiger partial charge < -0.3 is 49.6 Å². The molecule has 2 aliphatic heterocycles. The van der Waals surface area contributed by atoms with E-state index in [2.05, 4.69) is 6.92 Å². The van der Waals surface area contributed by atoms with Crippen molar-refractivity contribution in [2.75, 3.05) is 13.2 Å². The van der Waals surface area contributed by atoms with E-state index < -0.39 is 79.6 Å². The highest BCUT2D eigenvalue weighted by atomic mass is 16.7. The predicted molar refractivity (Wildman–Crippen MR) is 114 cm³/mol. The SMILES string of the molecule is CCCCCCCCCC(=O)O[C@@H](CO)[C@H]1OC(=O)C(O[C@H]2O[C@H](CO)[C@@H](O)[C@H](O)[C@H]2O)=C1O. The van der Waals surface area contributed by atoms with E-state index in [-0.39, 0.29) is 6.42 Å². The minimum absolute atomic E-state index is 0.101. The zero-order chi connectivity index (χ0) is 25.3. The molecule has 0 spiro atoms. The Morgan fingerprint density at radius 3 is 2.26 bits per heavy atom. The quantitative estimate of drug-likeness (QED) is 0.135. The normalized spacial score (nSPS) is 30.2. The van der Waals surface area contributed by atoms with E-state index >= 15 is 0 Å². The molecule has 12 heteroatoms. The van der Waals surface area contributed by atoms with Crippen LogP contribution < -0.4 is 0 Å². The standard InChI is InChI=1S/C22H36O12/c1-2-3-4-5-6-7-8-9-14(25)31-13(11-24)19-18(29)20(21(30)33-19)34-22-17(28)16(27)15(26)12(10-23)32-22/h12-13,15-17,19,22-24,26-29H,2-11H2,1H3/t12-,13+,15-,16+,17-,19-,22-/m1/s1. The highest BCUT2D eigenvalue weighted by Crippen LogP contribution is 2.30. The van der Waals surface area contributed by atoms with Crippen LogP contribution >= 0.6 is 0 Å². The lowest BCUT2D eigenvalue weighted by Gasteiger charge is -2.39. The summed E-state index contributed by atoms with van der Waals surface area (Å²) < 4.78 is 20.5. The minimum atomic E-state index is -1.82. The zero-order valence-electron chi connectivity index (χ0n) is 19.2. The molecule has 1 saturated heterocycles. The van der Waals surface area contributed by atoms with Crippen molar-refractivity contribution in [3.05, 3.63) is 11.5 Å². The third-order valence-corrected chi connectivity index (χ3v) is 5.79. The van der Waals surface area contributed by atoms with Gasteiger partial charge in [-0.15, -0.1) is 0 Å². The van der Waals surface area contributed by atoms with Crippen molar-refractivity contribution < 1.29 is 59.2 Å². The molecule has 0 bridgehead atoms. The van der Waals surface area contributed by atoms with Crippen LogP contribution in [-0.2, 0) is 28.5 Å². The van der Waals surface area contributed by atoms with Crippen LogP contribution in [0.5, 0.6) is 0 Å². The Kier molecular flexibility index (Phi) is 11.5. The maximum atomic E-state index is 12.2. The number of esters is 2. The number of cyclic esters (lactones) is 1. The Hall–Kier alpha value is -1.96.